The van der Waals surface area contributed by atoms with Crippen LogP contribution in [0.3, 0.4) is 0 Å². The lowest BCUT2D eigenvalue weighted by molar-refractivity contribution is -0.135. The van der Waals surface area contributed by atoms with Gasteiger partial charge in [0.2, 0.25) is 5.91 Å². The highest BCUT2D eigenvalue weighted by molar-refractivity contribution is 5.85. The summed E-state index contributed by atoms with van der Waals surface area (Å²) in [4.78, 5) is 14.5. The number of hydrogen-bond donors (Lipinski definition) is 1. The number of nitrogens with two attached hydrogens (primary N) is 1. The molecule has 22 heavy (non-hydrogen) atoms. The third-order valence-corrected chi connectivity index (χ3v) is 4.99. The number of nitrogens with zero attached hydrogens (tertiary/aromatic N) is 1. The fraction of sp³-hybridized carbons (Fsp3) is 0.611. The molecule has 1 aliphatic heterocycles. The Morgan fingerprint density at radius 3 is 2.55 bits per heavy atom. The molecule has 1 heterocycles. The number of hydrogen-bond acceptors (Lipinski definition) is 2. The minimum atomic E-state index is -0.351. The Labute approximate surface area is 140 Å². The van der Waals surface area contributed by atoms with Crippen molar-refractivity contribution in [2.75, 3.05) is 13.1 Å². The maximum absolute atomic E-state index is 12.5. The zero-order valence-corrected chi connectivity index (χ0v) is 14.7. The summed E-state index contributed by atoms with van der Waals surface area (Å²) in [5, 5.41) is 0. The van der Waals surface area contributed by atoms with E-state index in [1.807, 2.05) is 4.90 Å². The minimum absolute atomic E-state index is 0. The van der Waals surface area contributed by atoms with Crippen molar-refractivity contribution in [3.05, 3.63) is 35.9 Å². The van der Waals surface area contributed by atoms with Crippen LogP contribution in [0.4, 0.5) is 0 Å². The van der Waals surface area contributed by atoms with Gasteiger partial charge in [0.25, 0.3) is 0 Å². The number of likely N-dealkylation sites (tertiary alicyclic amines) is 1. The van der Waals surface area contributed by atoms with Gasteiger partial charge in [-0.2, -0.15) is 0 Å². The van der Waals surface area contributed by atoms with Crippen molar-refractivity contribution in [1.82, 2.24) is 4.90 Å². The SMILES string of the molecule is CCC(C)C(N)C(=O)N1CCC(c2ccccc2)C(C)C1.Cl. The predicted molar refractivity (Wildman–Crippen MR) is 94.2 cm³/mol. The summed E-state index contributed by atoms with van der Waals surface area (Å²) >= 11 is 0. The van der Waals surface area contributed by atoms with Crippen molar-refractivity contribution in [2.24, 2.45) is 17.6 Å². The molecule has 2 rings (SSSR count). The van der Waals surface area contributed by atoms with Gasteiger partial charge in [-0.1, -0.05) is 57.5 Å². The van der Waals surface area contributed by atoms with Gasteiger partial charge in [0.1, 0.15) is 0 Å². The second-order valence-corrected chi connectivity index (χ2v) is 6.48. The summed E-state index contributed by atoms with van der Waals surface area (Å²) in [5.74, 6) is 1.41. The third-order valence-electron chi connectivity index (χ3n) is 4.99. The van der Waals surface area contributed by atoms with Crippen LogP contribution in [0, 0.1) is 11.8 Å². The van der Waals surface area contributed by atoms with Crippen LogP contribution < -0.4 is 5.73 Å². The van der Waals surface area contributed by atoms with Crippen molar-refractivity contribution >= 4 is 18.3 Å². The Bertz CT molecular complexity index is 465. The molecule has 0 bridgehead atoms. The largest absolute Gasteiger partial charge is 0.341 e. The van der Waals surface area contributed by atoms with Crippen LogP contribution in [-0.4, -0.2) is 29.9 Å². The first-order chi connectivity index (χ1) is 10.0. The molecule has 0 radical (unpaired) electrons. The Hall–Kier alpha value is -1.06. The highest BCUT2D eigenvalue weighted by Gasteiger charge is 2.32. The van der Waals surface area contributed by atoms with E-state index in [9.17, 15) is 4.79 Å². The van der Waals surface area contributed by atoms with Crippen LogP contribution in [0.25, 0.3) is 0 Å². The number of rotatable bonds is 4. The molecular formula is C18H29ClN2O. The molecule has 3 nitrogen and oxygen atoms in total. The van der Waals surface area contributed by atoms with Crippen LogP contribution in [0.5, 0.6) is 0 Å². The molecule has 1 aliphatic rings. The number of benzene rings is 1. The first-order valence-electron chi connectivity index (χ1n) is 8.13. The topological polar surface area (TPSA) is 46.3 Å². The van der Waals surface area contributed by atoms with Gasteiger partial charge in [-0.25, -0.2) is 0 Å². The molecular weight excluding hydrogens is 296 g/mol. The van der Waals surface area contributed by atoms with E-state index in [0.29, 0.717) is 11.8 Å². The molecule has 1 amide bonds. The van der Waals surface area contributed by atoms with E-state index in [2.05, 4.69) is 51.1 Å². The van der Waals surface area contributed by atoms with Crippen LogP contribution >= 0.6 is 12.4 Å². The Kier molecular flexibility index (Phi) is 7.37. The number of carbonyl (C=O) groups is 1. The van der Waals surface area contributed by atoms with Gasteiger partial charge < -0.3 is 10.6 Å². The standard InChI is InChI=1S/C18H28N2O.ClH/c1-4-13(2)17(19)18(21)20-11-10-16(14(3)12-20)15-8-6-5-7-9-15;/h5-9,13-14,16-17H,4,10-12,19H2,1-3H3;1H. The van der Waals surface area contributed by atoms with E-state index in [-0.39, 0.29) is 30.3 Å². The monoisotopic (exact) mass is 324 g/mol. The number of amides is 1. The lowest BCUT2D eigenvalue weighted by Crippen LogP contribution is -2.51. The minimum Gasteiger partial charge on any atom is -0.341 e. The highest BCUT2D eigenvalue weighted by atomic mass is 35.5. The summed E-state index contributed by atoms with van der Waals surface area (Å²) in [6.07, 6.45) is 1.98. The zero-order chi connectivity index (χ0) is 15.4. The van der Waals surface area contributed by atoms with Gasteiger partial charge in [-0.15, -0.1) is 12.4 Å². The quantitative estimate of drug-likeness (QED) is 0.922. The molecule has 4 unspecified atom stereocenters. The van der Waals surface area contributed by atoms with Crippen LogP contribution in [0.15, 0.2) is 30.3 Å². The first kappa shape index (κ1) is 19.0. The predicted octanol–water partition coefficient (Wildman–Crippen LogP) is 3.43. The molecule has 4 heteroatoms. The number of halogens is 1. The van der Waals surface area contributed by atoms with E-state index in [1.54, 1.807) is 0 Å². The van der Waals surface area contributed by atoms with Gasteiger partial charge in [0.05, 0.1) is 6.04 Å². The Morgan fingerprint density at radius 1 is 1.36 bits per heavy atom. The van der Waals surface area contributed by atoms with Crippen molar-refractivity contribution in [1.29, 1.82) is 0 Å². The maximum Gasteiger partial charge on any atom is 0.239 e. The lowest BCUT2D eigenvalue weighted by Gasteiger charge is -2.39. The molecule has 1 saturated heterocycles. The molecule has 124 valence electrons. The molecule has 1 aromatic rings. The normalized spacial score (nSPS) is 24.3. The van der Waals surface area contributed by atoms with E-state index >= 15 is 0 Å². The highest BCUT2D eigenvalue weighted by Crippen LogP contribution is 2.32. The van der Waals surface area contributed by atoms with Gasteiger partial charge >= 0.3 is 0 Å². The Balaban J connectivity index is 0.00000242. The molecule has 0 saturated carbocycles. The molecule has 0 aromatic heterocycles. The summed E-state index contributed by atoms with van der Waals surface area (Å²) < 4.78 is 0. The molecule has 0 aliphatic carbocycles. The van der Waals surface area contributed by atoms with E-state index in [4.69, 9.17) is 5.73 Å². The van der Waals surface area contributed by atoms with Crippen molar-refractivity contribution < 1.29 is 4.79 Å². The molecule has 4 atom stereocenters. The van der Waals surface area contributed by atoms with Crippen molar-refractivity contribution in [3.63, 3.8) is 0 Å². The second kappa shape index (κ2) is 8.54. The maximum atomic E-state index is 12.5. The van der Waals surface area contributed by atoms with Crippen molar-refractivity contribution in [2.45, 2.75) is 45.6 Å². The van der Waals surface area contributed by atoms with Gasteiger partial charge in [-0.05, 0) is 29.7 Å². The van der Waals surface area contributed by atoms with Gasteiger partial charge in [0.15, 0.2) is 0 Å². The van der Waals surface area contributed by atoms with Gasteiger partial charge in [-0.3, -0.25) is 4.79 Å². The zero-order valence-electron chi connectivity index (χ0n) is 13.9. The van der Waals surface area contributed by atoms with E-state index in [1.165, 1.54) is 5.56 Å². The van der Waals surface area contributed by atoms with Gasteiger partial charge in [0, 0.05) is 13.1 Å². The summed E-state index contributed by atoms with van der Waals surface area (Å²) in [7, 11) is 0. The van der Waals surface area contributed by atoms with Crippen LogP contribution in [0.1, 0.15) is 45.1 Å². The summed E-state index contributed by atoms with van der Waals surface area (Å²) in [6, 6.07) is 10.3. The fourth-order valence-electron chi connectivity index (χ4n) is 3.25. The first-order valence-corrected chi connectivity index (χ1v) is 8.13. The number of piperidine rings is 1. The third kappa shape index (κ3) is 4.23. The molecule has 0 spiro atoms. The molecule has 2 N–H and O–H groups in total. The smallest absolute Gasteiger partial charge is 0.239 e. The van der Waals surface area contributed by atoms with E-state index < -0.39 is 0 Å². The summed E-state index contributed by atoms with van der Waals surface area (Å²) in [6.45, 7) is 8.03. The lowest BCUT2D eigenvalue weighted by atomic mass is 9.81. The number of carbonyl (C=O) groups excluding carboxylic acids is 1. The molecule has 1 fully saturated rings. The van der Waals surface area contributed by atoms with Crippen LogP contribution in [-0.2, 0) is 4.79 Å². The van der Waals surface area contributed by atoms with Crippen LogP contribution in [0.2, 0.25) is 0 Å². The molecule has 1 aromatic carbocycles. The average molecular weight is 325 g/mol. The van der Waals surface area contributed by atoms with Crippen molar-refractivity contribution in [3.8, 4) is 0 Å². The second-order valence-electron chi connectivity index (χ2n) is 6.48. The fourth-order valence-corrected chi connectivity index (χ4v) is 3.25. The average Bonchev–Trinajstić information content (AvgIpc) is 2.53. The van der Waals surface area contributed by atoms with E-state index in [0.717, 1.165) is 25.9 Å². The summed E-state index contributed by atoms with van der Waals surface area (Å²) in [5.41, 5.74) is 7.49. The Morgan fingerprint density at radius 2 is 2.00 bits per heavy atom.